The van der Waals surface area contributed by atoms with Crippen LogP contribution in [0.5, 0.6) is 0 Å². The molecule has 2 heterocycles. The van der Waals surface area contributed by atoms with Crippen molar-refractivity contribution in [2.75, 3.05) is 13.1 Å². The Bertz CT molecular complexity index is 804. The molecule has 1 aliphatic heterocycles. The van der Waals surface area contributed by atoms with Gasteiger partial charge in [0.05, 0.1) is 6.04 Å². The van der Waals surface area contributed by atoms with Gasteiger partial charge in [0.1, 0.15) is 11.6 Å². The zero-order chi connectivity index (χ0) is 20.1. The van der Waals surface area contributed by atoms with Crippen LogP contribution in [-0.4, -0.2) is 33.8 Å². The Balaban J connectivity index is 1.34. The molecule has 1 atom stereocenters. The molecule has 2 aliphatic rings. The number of guanidine groups is 1. The Morgan fingerprint density at radius 1 is 1.14 bits per heavy atom. The number of aryl methyl sites for hydroxylation is 2. The van der Waals surface area contributed by atoms with E-state index in [2.05, 4.69) is 58.0 Å². The third kappa shape index (κ3) is 4.98. The normalized spacial score (nSPS) is 24.8. The molecule has 0 bridgehead atoms. The highest BCUT2D eigenvalue weighted by Crippen LogP contribution is 2.35. The molecule has 0 saturated heterocycles. The third-order valence-corrected chi connectivity index (χ3v) is 6.26. The predicted molar refractivity (Wildman–Crippen MR) is 117 cm³/mol. The monoisotopic (exact) mass is 394 g/mol. The van der Waals surface area contributed by atoms with Gasteiger partial charge in [0.15, 0.2) is 5.96 Å². The molecular formula is C23H34N6. The van der Waals surface area contributed by atoms with Crippen LogP contribution in [0.15, 0.2) is 35.3 Å². The second-order valence-corrected chi connectivity index (χ2v) is 8.43. The topological polar surface area (TPSA) is 67.1 Å². The van der Waals surface area contributed by atoms with Crippen molar-refractivity contribution in [2.24, 2.45) is 10.9 Å². The molecule has 1 aliphatic carbocycles. The third-order valence-electron chi connectivity index (χ3n) is 6.26. The lowest BCUT2D eigenvalue weighted by atomic mass is 9.79. The highest BCUT2D eigenvalue weighted by Gasteiger charge is 2.25. The molecule has 2 N–H and O–H groups in total. The maximum absolute atomic E-state index is 4.95. The molecule has 1 aromatic heterocycles. The van der Waals surface area contributed by atoms with Crippen molar-refractivity contribution in [3.63, 3.8) is 0 Å². The summed E-state index contributed by atoms with van der Waals surface area (Å²) in [5.41, 5.74) is 1.50. The van der Waals surface area contributed by atoms with Crippen LogP contribution in [0, 0.1) is 12.8 Å². The Morgan fingerprint density at radius 3 is 2.69 bits per heavy atom. The number of fused-ring (bicyclic) bond motifs is 1. The number of aromatic nitrogens is 3. The van der Waals surface area contributed by atoms with E-state index in [0.29, 0.717) is 5.92 Å². The molecule has 0 radical (unpaired) electrons. The standard InChI is InChI=1S/C23H34N6/c1-3-24-23(27-21-10-7-15-29-22(21)26-17(2)28-29)25-16-18-11-13-20(14-12-18)19-8-5-4-6-9-19/h4-6,8-9,18,20-21H,3,7,10-16H2,1-2H3,(H2,24,25,27). The summed E-state index contributed by atoms with van der Waals surface area (Å²) in [7, 11) is 0. The van der Waals surface area contributed by atoms with Crippen LogP contribution in [0.1, 0.15) is 74.6 Å². The summed E-state index contributed by atoms with van der Waals surface area (Å²) >= 11 is 0. The Hall–Kier alpha value is -2.37. The van der Waals surface area contributed by atoms with E-state index in [-0.39, 0.29) is 6.04 Å². The van der Waals surface area contributed by atoms with Crippen molar-refractivity contribution in [1.29, 1.82) is 0 Å². The van der Waals surface area contributed by atoms with E-state index in [4.69, 9.17) is 4.99 Å². The summed E-state index contributed by atoms with van der Waals surface area (Å²) in [6, 6.07) is 11.2. The molecule has 1 unspecified atom stereocenters. The maximum atomic E-state index is 4.95. The summed E-state index contributed by atoms with van der Waals surface area (Å²) in [6.07, 6.45) is 7.28. The van der Waals surface area contributed by atoms with Crippen molar-refractivity contribution in [3.8, 4) is 0 Å². The molecule has 2 aromatic rings. The number of rotatable bonds is 5. The Labute approximate surface area is 174 Å². The van der Waals surface area contributed by atoms with E-state index in [0.717, 1.165) is 56.0 Å². The quantitative estimate of drug-likeness (QED) is 0.595. The fourth-order valence-corrected chi connectivity index (χ4v) is 4.71. The van der Waals surface area contributed by atoms with Crippen LogP contribution >= 0.6 is 0 Å². The van der Waals surface area contributed by atoms with Crippen LogP contribution in [0.3, 0.4) is 0 Å². The van der Waals surface area contributed by atoms with E-state index in [9.17, 15) is 0 Å². The smallest absolute Gasteiger partial charge is 0.191 e. The van der Waals surface area contributed by atoms with Crippen molar-refractivity contribution in [3.05, 3.63) is 47.5 Å². The van der Waals surface area contributed by atoms with Gasteiger partial charge in [0.25, 0.3) is 0 Å². The number of nitrogens with zero attached hydrogens (tertiary/aromatic N) is 4. The summed E-state index contributed by atoms with van der Waals surface area (Å²) < 4.78 is 2.05. The Morgan fingerprint density at radius 2 is 1.93 bits per heavy atom. The van der Waals surface area contributed by atoms with Gasteiger partial charge in [-0.3, -0.25) is 4.99 Å². The first-order valence-electron chi connectivity index (χ1n) is 11.2. The van der Waals surface area contributed by atoms with E-state index >= 15 is 0 Å². The molecule has 6 nitrogen and oxygen atoms in total. The number of benzene rings is 1. The van der Waals surface area contributed by atoms with Gasteiger partial charge in [-0.1, -0.05) is 30.3 Å². The summed E-state index contributed by atoms with van der Waals surface area (Å²) in [4.78, 5) is 9.59. The Kier molecular flexibility index (Phi) is 6.47. The van der Waals surface area contributed by atoms with Gasteiger partial charge in [0, 0.05) is 19.6 Å². The second kappa shape index (κ2) is 9.42. The fraction of sp³-hybridized carbons (Fsp3) is 0.609. The zero-order valence-electron chi connectivity index (χ0n) is 17.8. The lowest BCUT2D eigenvalue weighted by Crippen LogP contribution is -2.42. The SMILES string of the molecule is CCNC(=NCC1CCC(c2ccccc2)CC1)NC1CCCn2nc(C)nc21. The molecule has 0 amide bonds. The van der Waals surface area contributed by atoms with Crippen LogP contribution < -0.4 is 10.6 Å². The molecule has 0 spiro atoms. The van der Waals surface area contributed by atoms with Crippen molar-refractivity contribution in [1.82, 2.24) is 25.4 Å². The first-order valence-corrected chi connectivity index (χ1v) is 11.2. The lowest BCUT2D eigenvalue weighted by Gasteiger charge is -2.28. The van der Waals surface area contributed by atoms with E-state index in [1.807, 2.05) is 11.6 Å². The van der Waals surface area contributed by atoms with Crippen LogP contribution in [0.4, 0.5) is 0 Å². The number of hydrogen-bond donors (Lipinski definition) is 2. The van der Waals surface area contributed by atoms with Crippen molar-refractivity contribution < 1.29 is 0 Å². The highest BCUT2D eigenvalue weighted by molar-refractivity contribution is 5.80. The van der Waals surface area contributed by atoms with Gasteiger partial charge in [-0.25, -0.2) is 9.67 Å². The zero-order valence-corrected chi connectivity index (χ0v) is 17.8. The van der Waals surface area contributed by atoms with Gasteiger partial charge >= 0.3 is 0 Å². The molecule has 6 heteroatoms. The van der Waals surface area contributed by atoms with Crippen LogP contribution in [0.25, 0.3) is 0 Å². The van der Waals surface area contributed by atoms with Crippen molar-refractivity contribution in [2.45, 2.75) is 70.9 Å². The minimum absolute atomic E-state index is 0.191. The lowest BCUT2D eigenvalue weighted by molar-refractivity contribution is 0.332. The van der Waals surface area contributed by atoms with Crippen LogP contribution in [0.2, 0.25) is 0 Å². The van der Waals surface area contributed by atoms with E-state index < -0.39 is 0 Å². The van der Waals surface area contributed by atoms with Crippen LogP contribution in [-0.2, 0) is 6.54 Å². The average Bonchev–Trinajstić information content (AvgIpc) is 3.14. The summed E-state index contributed by atoms with van der Waals surface area (Å²) in [5.74, 6) is 4.22. The second-order valence-electron chi connectivity index (χ2n) is 8.43. The van der Waals surface area contributed by atoms with Crippen molar-refractivity contribution >= 4 is 5.96 Å². The molecule has 4 rings (SSSR count). The first-order chi connectivity index (χ1) is 14.2. The molecule has 1 saturated carbocycles. The maximum Gasteiger partial charge on any atom is 0.191 e. The first kappa shape index (κ1) is 19.9. The summed E-state index contributed by atoms with van der Waals surface area (Å²) in [5, 5.41) is 11.6. The van der Waals surface area contributed by atoms with E-state index in [1.165, 1.54) is 31.2 Å². The van der Waals surface area contributed by atoms with Gasteiger partial charge < -0.3 is 10.6 Å². The largest absolute Gasteiger partial charge is 0.357 e. The fourth-order valence-electron chi connectivity index (χ4n) is 4.71. The number of aliphatic imine (C=N–C) groups is 1. The molecule has 29 heavy (non-hydrogen) atoms. The van der Waals surface area contributed by atoms with Gasteiger partial charge in [-0.15, -0.1) is 0 Å². The summed E-state index contributed by atoms with van der Waals surface area (Å²) in [6.45, 7) is 6.82. The van der Waals surface area contributed by atoms with Gasteiger partial charge in [-0.2, -0.15) is 5.10 Å². The minimum atomic E-state index is 0.191. The molecule has 1 aromatic carbocycles. The van der Waals surface area contributed by atoms with E-state index in [1.54, 1.807) is 0 Å². The number of nitrogens with one attached hydrogen (secondary N) is 2. The minimum Gasteiger partial charge on any atom is -0.357 e. The predicted octanol–water partition coefficient (Wildman–Crippen LogP) is 3.95. The number of hydrogen-bond acceptors (Lipinski definition) is 3. The molecule has 156 valence electrons. The average molecular weight is 395 g/mol. The van der Waals surface area contributed by atoms with Gasteiger partial charge in [0.2, 0.25) is 0 Å². The molecular weight excluding hydrogens is 360 g/mol. The van der Waals surface area contributed by atoms with Gasteiger partial charge in [-0.05, 0) is 69.8 Å². The highest BCUT2D eigenvalue weighted by atomic mass is 15.4. The molecule has 1 fully saturated rings.